The Morgan fingerprint density at radius 2 is 2.05 bits per heavy atom. The van der Waals surface area contributed by atoms with Crippen LogP contribution in [0.2, 0.25) is 0 Å². The summed E-state index contributed by atoms with van der Waals surface area (Å²) in [5.41, 5.74) is 1.61. The molecule has 0 aromatic heterocycles. The predicted octanol–water partition coefficient (Wildman–Crippen LogP) is 3.63. The third-order valence-corrected chi connectivity index (χ3v) is 5.42. The van der Waals surface area contributed by atoms with Gasteiger partial charge in [0.2, 0.25) is 0 Å². The zero-order valence-electron chi connectivity index (χ0n) is 12.5. The van der Waals surface area contributed by atoms with Crippen LogP contribution < -0.4 is 10.1 Å². The molecule has 1 spiro atoms. The van der Waals surface area contributed by atoms with Crippen LogP contribution in [0, 0.1) is 5.41 Å². The topological polar surface area (TPSA) is 24.5 Å². The first kappa shape index (κ1) is 16.1. The van der Waals surface area contributed by atoms with E-state index in [-0.39, 0.29) is 5.75 Å². The summed E-state index contributed by atoms with van der Waals surface area (Å²) in [6.45, 7) is 2.58. The molecule has 2 saturated heterocycles. The lowest BCUT2D eigenvalue weighted by Crippen LogP contribution is -2.38. The summed E-state index contributed by atoms with van der Waals surface area (Å²) >= 11 is 3.31. The smallest absolute Gasteiger partial charge is 0.387 e. The molecular formula is C16H21BrF2N2O. The first-order valence-corrected chi connectivity index (χ1v) is 8.52. The maximum Gasteiger partial charge on any atom is 0.387 e. The number of rotatable bonds is 4. The van der Waals surface area contributed by atoms with Gasteiger partial charge in [-0.15, -0.1) is 0 Å². The fourth-order valence-electron chi connectivity index (χ4n) is 3.62. The number of hydrogen-bond donors (Lipinski definition) is 1. The largest absolute Gasteiger partial charge is 0.434 e. The molecule has 2 fully saturated rings. The second kappa shape index (κ2) is 6.81. The molecule has 22 heavy (non-hydrogen) atoms. The lowest BCUT2D eigenvalue weighted by atomic mass is 9.78. The van der Waals surface area contributed by atoms with Crippen LogP contribution in [0.25, 0.3) is 0 Å². The number of nitrogens with zero attached hydrogens (tertiary/aromatic N) is 1. The number of piperidine rings is 1. The minimum Gasteiger partial charge on any atom is -0.434 e. The molecule has 1 aromatic carbocycles. The van der Waals surface area contributed by atoms with E-state index in [1.807, 2.05) is 12.1 Å². The van der Waals surface area contributed by atoms with Crippen LogP contribution in [0.5, 0.6) is 5.75 Å². The second-order valence-electron chi connectivity index (χ2n) is 6.35. The average Bonchev–Trinajstić information content (AvgIpc) is 2.85. The number of alkyl halides is 2. The molecule has 0 amide bonds. The van der Waals surface area contributed by atoms with Gasteiger partial charge < -0.3 is 10.1 Å². The van der Waals surface area contributed by atoms with Crippen LogP contribution in [0.1, 0.15) is 24.8 Å². The highest BCUT2D eigenvalue weighted by molar-refractivity contribution is 9.10. The van der Waals surface area contributed by atoms with Crippen LogP contribution in [0.15, 0.2) is 22.7 Å². The molecule has 0 bridgehead atoms. The summed E-state index contributed by atoms with van der Waals surface area (Å²) in [7, 11) is 0. The van der Waals surface area contributed by atoms with Gasteiger partial charge in [-0.3, -0.25) is 4.90 Å². The summed E-state index contributed by atoms with van der Waals surface area (Å²) in [5.74, 6) is 0.190. The molecule has 0 radical (unpaired) electrons. The van der Waals surface area contributed by atoms with Crippen LogP contribution in [-0.2, 0) is 6.54 Å². The van der Waals surface area contributed by atoms with Crippen LogP contribution in [0.4, 0.5) is 8.78 Å². The Labute approximate surface area is 138 Å². The highest BCUT2D eigenvalue weighted by atomic mass is 79.9. The van der Waals surface area contributed by atoms with Crippen LogP contribution in [-0.4, -0.2) is 37.7 Å². The minimum atomic E-state index is -2.79. The van der Waals surface area contributed by atoms with Gasteiger partial charge in [0.25, 0.3) is 0 Å². The van der Waals surface area contributed by atoms with Gasteiger partial charge in [0.1, 0.15) is 5.75 Å². The van der Waals surface area contributed by atoms with E-state index in [1.54, 1.807) is 6.07 Å². The molecule has 0 unspecified atom stereocenters. The summed E-state index contributed by atoms with van der Waals surface area (Å²) in [6.07, 6.45) is 3.78. The quantitative estimate of drug-likeness (QED) is 0.870. The van der Waals surface area contributed by atoms with Crippen molar-refractivity contribution in [2.24, 2.45) is 5.41 Å². The zero-order valence-corrected chi connectivity index (χ0v) is 14.0. The molecule has 6 heteroatoms. The zero-order chi connectivity index (χ0) is 15.6. The molecule has 0 aliphatic carbocycles. The van der Waals surface area contributed by atoms with Crippen molar-refractivity contribution in [2.75, 3.05) is 26.2 Å². The second-order valence-corrected chi connectivity index (χ2v) is 7.21. The number of nitrogens with one attached hydrogen (secondary N) is 1. The number of ether oxygens (including phenoxy) is 1. The number of hydrogen-bond acceptors (Lipinski definition) is 3. The highest BCUT2D eigenvalue weighted by Crippen LogP contribution is 2.39. The van der Waals surface area contributed by atoms with Crippen molar-refractivity contribution in [1.29, 1.82) is 0 Å². The number of likely N-dealkylation sites (tertiary alicyclic amines) is 1. The van der Waals surface area contributed by atoms with E-state index in [1.165, 1.54) is 19.3 Å². The third kappa shape index (κ3) is 3.78. The van der Waals surface area contributed by atoms with Gasteiger partial charge in [-0.1, -0.05) is 6.07 Å². The Morgan fingerprint density at radius 3 is 2.73 bits per heavy atom. The Morgan fingerprint density at radius 1 is 1.27 bits per heavy atom. The van der Waals surface area contributed by atoms with Crippen LogP contribution >= 0.6 is 15.9 Å². The molecule has 2 aliphatic rings. The van der Waals surface area contributed by atoms with Gasteiger partial charge in [-0.25, -0.2) is 0 Å². The molecular weight excluding hydrogens is 354 g/mol. The lowest BCUT2D eigenvalue weighted by Gasteiger charge is -2.34. The lowest BCUT2D eigenvalue weighted by molar-refractivity contribution is -0.0503. The van der Waals surface area contributed by atoms with E-state index in [0.717, 1.165) is 38.3 Å². The third-order valence-electron chi connectivity index (χ3n) is 4.80. The highest BCUT2D eigenvalue weighted by Gasteiger charge is 2.38. The SMILES string of the molecule is FC(F)Oc1ccc(CN2CCC3(CCNCC3)C2)cc1Br. The summed E-state index contributed by atoms with van der Waals surface area (Å²) in [5, 5.41) is 3.43. The molecule has 2 aliphatic heterocycles. The van der Waals surface area contributed by atoms with Gasteiger partial charge in [0.05, 0.1) is 4.47 Å². The van der Waals surface area contributed by atoms with Gasteiger partial charge >= 0.3 is 6.61 Å². The maximum atomic E-state index is 12.3. The van der Waals surface area contributed by atoms with E-state index in [0.29, 0.717) is 9.89 Å². The van der Waals surface area contributed by atoms with Crippen molar-refractivity contribution in [3.8, 4) is 5.75 Å². The van der Waals surface area contributed by atoms with Gasteiger partial charge in [0, 0.05) is 13.1 Å². The fourth-order valence-corrected chi connectivity index (χ4v) is 4.14. The fraction of sp³-hybridized carbons (Fsp3) is 0.625. The first-order chi connectivity index (χ1) is 10.6. The molecule has 0 saturated carbocycles. The molecule has 1 N–H and O–H groups in total. The van der Waals surface area contributed by atoms with E-state index in [9.17, 15) is 8.78 Å². The molecule has 2 heterocycles. The summed E-state index contributed by atoms with van der Waals surface area (Å²) < 4.78 is 29.6. The van der Waals surface area contributed by atoms with Gasteiger partial charge in [-0.05, 0) is 77.9 Å². The number of halogens is 3. The predicted molar refractivity (Wildman–Crippen MR) is 85.2 cm³/mol. The Balaban J connectivity index is 1.60. The first-order valence-electron chi connectivity index (χ1n) is 7.73. The summed E-state index contributed by atoms with van der Waals surface area (Å²) in [6, 6.07) is 5.36. The van der Waals surface area contributed by atoms with E-state index in [4.69, 9.17) is 0 Å². The minimum absolute atomic E-state index is 0.190. The maximum absolute atomic E-state index is 12.3. The van der Waals surface area contributed by atoms with Crippen molar-refractivity contribution >= 4 is 15.9 Å². The van der Waals surface area contributed by atoms with E-state index < -0.39 is 6.61 Å². The molecule has 3 rings (SSSR count). The molecule has 3 nitrogen and oxygen atoms in total. The molecule has 122 valence electrons. The average molecular weight is 375 g/mol. The monoisotopic (exact) mass is 374 g/mol. The Bertz CT molecular complexity index is 521. The normalized spacial score (nSPS) is 21.6. The van der Waals surface area contributed by atoms with Crippen LogP contribution in [0.3, 0.4) is 0 Å². The van der Waals surface area contributed by atoms with E-state index >= 15 is 0 Å². The molecule has 0 atom stereocenters. The van der Waals surface area contributed by atoms with Gasteiger partial charge in [0.15, 0.2) is 0 Å². The van der Waals surface area contributed by atoms with Gasteiger partial charge in [-0.2, -0.15) is 8.78 Å². The standard InChI is InChI=1S/C16H21BrF2N2O/c17-13-9-12(1-2-14(13)22-15(18)19)10-21-8-5-16(11-21)3-6-20-7-4-16/h1-2,9,15,20H,3-8,10-11H2. The van der Waals surface area contributed by atoms with Crippen molar-refractivity contribution < 1.29 is 13.5 Å². The Hall–Kier alpha value is -0.720. The molecule has 1 aromatic rings. The van der Waals surface area contributed by atoms with E-state index in [2.05, 4.69) is 30.9 Å². The van der Waals surface area contributed by atoms with Crippen molar-refractivity contribution in [2.45, 2.75) is 32.4 Å². The van der Waals surface area contributed by atoms with Crippen molar-refractivity contribution in [3.63, 3.8) is 0 Å². The van der Waals surface area contributed by atoms with Crippen molar-refractivity contribution in [1.82, 2.24) is 10.2 Å². The number of benzene rings is 1. The Kier molecular flexibility index (Phi) is 5.00. The van der Waals surface area contributed by atoms with Crippen molar-refractivity contribution in [3.05, 3.63) is 28.2 Å². The summed E-state index contributed by atoms with van der Waals surface area (Å²) in [4.78, 5) is 2.47.